The molecule has 0 atom stereocenters. The standard InChI is InChI=1S/C12H9ClN4O/c1-7-10(6-18)17-12(14-7)15-11(16-17)8-3-2-4-9(13)5-8/h2-6H,1H3,(H,14,15,16). The molecule has 3 aromatic rings. The van der Waals surface area contributed by atoms with Gasteiger partial charge in [0.2, 0.25) is 0 Å². The maximum Gasteiger partial charge on any atom is 0.251 e. The Bertz CT molecular complexity index is 744. The number of rotatable bonds is 2. The molecule has 2 aromatic heterocycles. The zero-order valence-corrected chi connectivity index (χ0v) is 10.3. The van der Waals surface area contributed by atoms with E-state index in [1.165, 1.54) is 0 Å². The van der Waals surface area contributed by atoms with E-state index in [9.17, 15) is 4.79 Å². The number of aryl methyl sites for hydroxylation is 1. The molecule has 0 saturated carbocycles. The number of imidazole rings is 1. The Morgan fingerprint density at radius 2 is 2.22 bits per heavy atom. The summed E-state index contributed by atoms with van der Waals surface area (Å²) in [7, 11) is 0. The number of fused-ring (bicyclic) bond motifs is 1. The van der Waals surface area contributed by atoms with E-state index in [-0.39, 0.29) is 0 Å². The Morgan fingerprint density at radius 3 is 2.94 bits per heavy atom. The van der Waals surface area contributed by atoms with Gasteiger partial charge in [-0.2, -0.15) is 4.98 Å². The quantitative estimate of drug-likeness (QED) is 0.720. The second-order valence-corrected chi connectivity index (χ2v) is 4.35. The lowest BCUT2D eigenvalue weighted by Gasteiger charge is -1.96. The van der Waals surface area contributed by atoms with E-state index < -0.39 is 0 Å². The van der Waals surface area contributed by atoms with Crippen molar-refractivity contribution in [1.82, 2.24) is 19.6 Å². The van der Waals surface area contributed by atoms with Crippen LogP contribution in [0, 0.1) is 6.92 Å². The van der Waals surface area contributed by atoms with Crippen LogP contribution >= 0.6 is 11.6 Å². The molecule has 3 rings (SSSR count). The van der Waals surface area contributed by atoms with Gasteiger partial charge in [0.05, 0.1) is 5.69 Å². The topological polar surface area (TPSA) is 63.1 Å². The Labute approximate surface area is 107 Å². The van der Waals surface area contributed by atoms with E-state index in [1.807, 2.05) is 12.1 Å². The summed E-state index contributed by atoms with van der Waals surface area (Å²) in [5.74, 6) is 1.10. The second kappa shape index (κ2) is 3.96. The number of aromatic amines is 1. The van der Waals surface area contributed by atoms with Crippen molar-refractivity contribution in [2.75, 3.05) is 0 Å². The van der Waals surface area contributed by atoms with E-state index in [1.54, 1.807) is 23.6 Å². The fourth-order valence-corrected chi connectivity index (χ4v) is 2.04. The second-order valence-electron chi connectivity index (χ2n) is 3.92. The molecule has 0 saturated heterocycles. The maximum absolute atomic E-state index is 11.0. The molecule has 0 radical (unpaired) electrons. The fraction of sp³-hybridized carbons (Fsp3) is 0.0833. The van der Waals surface area contributed by atoms with Crippen LogP contribution in [0.15, 0.2) is 24.3 Å². The summed E-state index contributed by atoms with van der Waals surface area (Å²) in [5, 5.41) is 3.67. The average Bonchev–Trinajstić information content (AvgIpc) is 2.85. The average molecular weight is 261 g/mol. The van der Waals surface area contributed by atoms with Crippen LogP contribution in [-0.2, 0) is 0 Å². The van der Waals surface area contributed by atoms with Crippen molar-refractivity contribution < 1.29 is 4.79 Å². The van der Waals surface area contributed by atoms with Gasteiger partial charge in [-0.05, 0) is 19.1 Å². The normalized spacial score (nSPS) is 11.0. The monoisotopic (exact) mass is 260 g/mol. The van der Waals surface area contributed by atoms with E-state index >= 15 is 0 Å². The van der Waals surface area contributed by atoms with E-state index in [4.69, 9.17) is 11.6 Å². The highest BCUT2D eigenvalue weighted by Crippen LogP contribution is 2.20. The Hall–Kier alpha value is -2.14. The number of carbonyl (C=O) groups excluding carboxylic acids is 1. The van der Waals surface area contributed by atoms with Crippen LogP contribution in [0.2, 0.25) is 5.02 Å². The number of carbonyl (C=O) groups is 1. The van der Waals surface area contributed by atoms with Crippen LogP contribution in [0.1, 0.15) is 16.2 Å². The van der Waals surface area contributed by atoms with Crippen LogP contribution in [-0.4, -0.2) is 25.9 Å². The van der Waals surface area contributed by atoms with Crippen LogP contribution in [0.3, 0.4) is 0 Å². The number of hydrogen-bond acceptors (Lipinski definition) is 3. The molecule has 18 heavy (non-hydrogen) atoms. The van der Waals surface area contributed by atoms with Gasteiger partial charge in [0.25, 0.3) is 5.78 Å². The largest absolute Gasteiger partial charge is 0.296 e. The number of aldehydes is 1. The third kappa shape index (κ3) is 1.60. The molecule has 1 aromatic carbocycles. The Morgan fingerprint density at radius 1 is 1.39 bits per heavy atom. The Balaban J connectivity index is 2.20. The van der Waals surface area contributed by atoms with Crippen molar-refractivity contribution in [3.63, 3.8) is 0 Å². The lowest BCUT2D eigenvalue weighted by Crippen LogP contribution is -1.93. The molecule has 0 aliphatic carbocycles. The van der Waals surface area contributed by atoms with Crippen molar-refractivity contribution in [2.24, 2.45) is 0 Å². The van der Waals surface area contributed by atoms with Gasteiger partial charge in [-0.15, -0.1) is 0 Å². The first-order valence-electron chi connectivity index (χ1n) is 5.35. The highest BCUT2D eigenvalue weighted by molar-refractivity contribution is 6.30. The fourth-order valence-electron chi connectivity index (χ4n) is 1.85. The molecular weight excluding hydrogens is 252 g/mol. The summed E-state index contributed by atoms with van der Waals surface area (Å²) in [6.07, 6.45) is 0.759. The first kappa shape index (κ1) is 11.0. The molecule has 0 unspecified atom stereocenters. The van der Waals surface area contributed by atoms with Crippen molar-refractivity contribution in [3.8, 4) is 11.4 Å². The summed E-state index contributed by atoms with van der Waals surface area (Å²) in [5.41, 5.74) is 1.98. The molecule has 0 aliphatic rings. The molecule has 0 amide bonds. The summed E-state index contributed by atoms with van der Waals surface area (Å²) in [6.45, 7) is 1.77. The first-order valence-corrected chi connectivity index (χ1v) is 5.73. The van der Waals surface area contributed by atoms with E-state index in [0.717, 1.165) is 11.8 Å². The van der Waals surface area contributed by atoms with Gasteiger partial charge in [-0.1, -0.05) is 23.7 Å². The zero-order chi connectivity index (χ0) is 12.7. The van der Waals surface area contributed by atoms with Gasteiger partial charge in [0.1, 0.15) is 5.69 Å². The molecule has 0 fully saturated rings. The van der Waals surface area contributed by atoms with Gasteiger partial charge in [-0.3, -0.25) is 9.89 Å². The summed E-state index contributed by atoms with van der Waals surface area (Å²) in [6, 6.07) is 7.32. The van der Waals surface area contributed by atoms with Crippen molar-refractivity contribution in [2.45, 2.75) is 6.92 Å². The number of hydrogen-bond donors (Lipinski definition) is 1. The minimum absolute atomic E-state index is 0.476. The highest BCUT2D eigenvalue weighted by atomic mass is 35.5. The molecule has 5 nitrogen and oxygen atoms in total. The number of nitrogens with one attached hydrogen (secondary N) is 1. The van der Waals surface area contributed by atoms with E-state index in [0.29, 0.717) is 28.0 Å². The third-order valence-corrected chi connectivity index (χ3v) is 2.95. The summed E-state index contributed by atoms with van der Waals surface area (Å²) < 4.78 is 1.57. The number of nitrogens with zero attached hydrogens (tertiary/aromatic N) is 3. The molecule has 1 N–H and O–H groups in total. The lowest BCUT2D eigenvalue weighted by molar-refractivity contribution is 0.111. The van der Waals surface area contributed by atoms with Crippen molar-refractivity contribution in [3.05, 3.63) is 40.7 Å². The molecular formula is C12H9ClN4O. The van der Waals surface area contributed by atoms with Crippen LogP contribution in [0.4, 0.5) is 0 Å². The molecule has 6 heteroatoms. The van der Waals surface area contributed by atoms with Crippen molar-refractivity contribution >= 4 is 23.7 Å². The predicted octanol–water partition coefficient (Wildman–Crippen LogP) is 2.50. The third-order valence-electron chi connectivity index (χ3n) is 2.72. The number of aromatic nitrogens is 4. The van der Waals surface area contributed by atoms with Crippen LogP contribution in [0.5, 0.6) is 0 Å². The molecule has 90 valence electrons. The SMILES string of the molecule is Cc1nc2nc(-c3cccc(Cl)c3)[nH]n2c1C=O. The molecule has 0 aliphatic heterocycles. The first-order chi connectivity index (χ1) is 8.69. The van der Waals surface area contributed by atoms with Gasteiger partial charge in [-0.25, -0.2) is 9.50 Å². The Kier molecular flexibility index (Phi) is 2.41. The smallest absolute Gasteiger partial charge is 0.251 e. The van der Waals surface area contributed by atoms with Crippen LogP contribution < -0.4 is 0 Å². The lowest BCUT2D eigenvalue weighted by atomic mass is 10.2. The van der Waals surface area contributed by atoms with Crippen LogP contribution in [0.25, 0.3) is 17.2 Å². The molecule has 0 bridgehead atoms. The number of H-pyrrole nitrogens is 1. The van der Waals surface area contributed by atoms with Crippen molar-refractivity contribution in [1.29, 1.82) is 0 Å². The minimum Gasteiger partial charge on any atom is -0.296 e. The molecule has 0 spiro atoms. The highest BCUT2D eigenvalue weighted by Gasteiger charge is 2.13. The van der Waals surface area contributed by atoms with E-state index in [2.05, 4.69) is 15.1 Å². The number of benzene rings is 1. The number of halogens is 1. The summed E-state index contributed by atoms with van der Waals surface area (Å²) >= 11 is 5.93. The summed E-state index contributed by atoms with van der Waals surface area (Å²) in [4.78, 5) is 19.5. The van der Waals surface area contributed by atoms with Gasteiger partial charge < -0.3 is 0 Å². The van der Waals surface area contributed by atoms with Gasteiger partial charge in [0.15, 0.2) is 12.1 Å². The molecule has 2 heterocycles. The minimum atomic E-state index is 0.476. The predicted molar refractivity (Wildman–Crippen MR) is 67.9 cm³/mol. The van der Waals surface area contributed by atoms with Gasteiger partial charge >= 0.3 is 0 Å². The maximum atomic E-state index is 11.0. The zero-order valence-electron chi connectivity index (χ0n) is 9.51. The van der Waals surface area contributed by atoms with Gasteiger partial charge in [0, 0.05) is 10.6 Å².